The van der Waals surface area contributed by atoms with Crippen LogP contribution in [0.15, 0.2) is 29.2 Å². The predicted octanol–water partition coefficient (Wildman–Crippen LogP) is 1.24. The molecule has 0 amide bonds. The van der Waals surface area contributed by atoms with Crippen molar-refractivity contribution in [1.82, 2.24) is 9.88 Å². The smallest absolute Gasteiger partial charge is 0.250 e. The molecule has 1 N–H and O–H groups in total. The van der Waals surface area contributed by atoms with Gasteiger partial charge >= 0.3 is 0 Å². The highest BCUT2D eigenvalue weighted by atomic mass is 16.1. The largest absolute Gasteiger partial charge is 0.316 e. The first kappa shape index (κ1) is 10.4. The third kappa shape index (κ3) is 2.93. The van der Waals surface area contributed by atoms with Crippen molar-refractivity contribution in [2.24, 2.45) is 5.92 Å². The maximum absolute atomic E-state index is 11.4. The zero-order chi connectivity index (χ0) is 10.5. The zero-order valence-electron chi connectivity index (χ0n) is 8.98. The normalized spacial score (nSPS) is 21.5. The summed E-state index contributed by atoms with van der Waals surface area (Å²) in [7, 11) is 0. The van der Waals surface area contributed by atoms with E-state index >= 15 is 0 Å². The van der Waals surface area contributed by atoms with Crippen LogP contribution < -0.4 is 10.9 Å². The molecule has 0 aliphatic carbocycles. The molecule has 3 nitrogen and oxygen atoms in total. The highest BCUT2D eigenvalue weighted by molar-refractivity contribution is 4.93. The van der Waals surface area contributed by atoms with Crippen LogP contribution >= 0.6 is 0 Å². The molecule has 1 unspecified atom stereocenters. The summed E-state index contributed by atoms with van der Waals surface area (Å²) in [6.07, 6.45) is 5.55. The summed E-state index contributed by atoms with van der Waals surface area (Å²) in [6, 6.07) is 5.33. The van der Waals surface area contributed by atoms with E-state index in [1.54, 1.807) is 16.7 Å². The third-order valence-corrected chi connectivity index (χ3v) is 3.08. The van der Waals surface area contributed by atoms with Crippen LogP contribution in [-0.2, 0) is 6.54 Å². The number of nitrogens with one attached hydrogen (secondary N) is 1. The summed E-state index contributed by atoms with van der Waals surface area (Å²) >= 11 is 0. The van der Waals surface area contributed by atoms with Crippen LogP contribution in [0.25, 0.3) is 0 Å². The van der Waals surface area contributed by atoms with Gasteiger partial charge in [-0.15, -0.1) is 0 Å². The number of rotatable bonds is 3. The van der Waals surface area contributed by atoms with Crippen LogP contribution in [0.1, 0.15) is 19.3 Å². The molecule has 0 bridgehead atoms. The average Bonchev–Trinajstić information content (AvgIpc) is 2.29. The minimum absolute atomic E-state index is 0.112. The van der Waals surface area contributed by atoms with Crippen molar-refractivity contribution in [2.45, 2.75) is 25.8 Å². The second kappa shape index (κ2) is 5.12. The highest BCUT2D eigenvalue weighted by Crippen LogP contribution is 2.14. The van der Waals surface area contributed by atoms with Gasteiger partial charge in [-0.05, 0) is 44.3 Å². The van der Waals surface area contributed by atoms with Gasteiger partial charge in [-0.3, -0.25) is 4.79 Å². The Morgan fingerprint density at radius 1 is 1.47 bits per heavy atom. The van der Waals surface area contributed by atoms with Crippen molar-refractivity contribution < 1.29 is 0 Å². The molecule has 0 aromatic carbocycles. The summed E-state index contributed by atoms with van der Waals surface area (Å²) < 4.78 is 1.80. The Balaban J connectivity index is 1.87. The standard InChI is InChI=1S/C12H18N2O/c15-12-5-1-2-8-14(12)9-6-11-4-3-7-13-10-11/h1-2,5,8,11,13H,3-4,6-7,9-10H2. The minimum Gasteiger partial charge on any atom is -0.316 e. The van der Waals surface area contributed by atoms with Crippen molar-refractivity contribution in [3.05, 3.63) is 34.7 Å². The lowest BCUT2D eigenvalue weighted by Gasteiger charge is -2.22. The van der Waals surface area contributed by atoms with Crippen molar-refractivity contribution in [2.75, 3.05) is 13.1 Å². The van der Waals surface area contributed by atoms with E-state index < -0.39 is 0 Å². The van der Waals surface area contributed by atoms with Gasteiger partial charge in [0.2, 0.25) is 5.56 Å². The monoisotopic (exact) mass is 206 g/mol. The van der Waals surface area contributed by atoms with Gasteiger partial charge in [0.05, 0.1) is 0 Å². The first-order valence-electron chi connectivity index (χ1n) is 5.72. The molecule has 0 saturated carbocycles. The number of hydrogen-bond donors (Lipinski definition) is 1. The quantitative estimate of drug-likeness (QED) is 0.807. The molecule has 2 heterocycles. The van der Waals surface area contributed by atoms with Crippen LogP contribution in [0, 0.1) is 5.92 Å². The Morgan fingerprint density at radius 3 is 3.13 bits per heavy atom. The van der Waals surface area contributed by atoms with E-state index in [0.29, 0.717) is 0 Å². The minimum atomic E-state index is 0.112. The summed E-state index contributed by atoms with van der Waals surface area (Å²) in [6.45, 7) is 3.12. The van der Waals surface area contributed by atoms with E-state index in [4.69, 9.17) is 0 Å². The molecular weight excluding hydrogens is 188 g/mol. The van der Waals surface area contributed by atoms with E-state index in [9.17, 15) is 4.79 Å². The van der Waals surface area contributed by atoms with Crippen LogP contribution in [0.5, 0.6) is 0 Å². The first-order chi connectivity index (χ1) is 7.36. The molecule has 1 fully saturated rings. The Hall–Kier alpha value is -1.09. The van der Waals surface area contributed by atoms with Gasteiger partial charge in [-0.2, -0.15) is 0 Å². The second-order valence-electron chi connectivity index (χ2n) is 4.23. The van der Waals surface area contributed by atoms with Gasteiger partial charge in [0.25, 0.3) is 0 Å². The molecule has 0 radical (unpaired) electrons. The van der Waals surface area contributed by atoms with Gasteiger partial charge < -0.3 is 9.88 Å². The lowest BCUT2D eigenvalue weighted by molar-refractivity contribution is 0.340. The fraction of sp³-hybridized carbons (Fsp3) is 0.583. The maximum Gasteiger partial charge on any atom is 0.250 e. The van der Waals surface area contributed by atoms with Gasteiger partial charge in [0, 0.05) is 18.8 Å². The van der Waals surface area contributed by atoms with E-state index in [1.165, 1.54) is 12.8 Å². The number of pyridine rings is 1. The van der Waals surface area contributed by atoms with Crippen LogP contribution in [0.2, 0.25) is 0 Å². The van der Waals surface area contributed by atoms with Crippen molar-refractivity contribution in [3.63, 3.8) is 0 Å². The lowest BCUT2D eigenvalue weighted by atomic mass is 9.96. The topological polar surface area (TPSA) is 34.0 Å². The summed E-state index contributed by atoms with van der Waals surface area (Å²) in [5, 5.41) is 3.40. The molecule has 3 heteroatoms. The SMILES string of the molecule is O=c1ccccn1CCC1CCCNC1. The van der Waals surface area contributed by atoms with Crippen LogP contribution in [-0.4, -0.2) is 17.7 Å². The van der Waals surface area contributed by atoms with Crippen molar-refractivity contribution in [1.29, 1.82) is 0 Å². The number of piperidine rings is 1. The molecule has 1 aromatic rings. The van der Waals surface area contributed by atoms with E-state index in [2.05, 4.69) is 5.32 Å². The predicted molar refractivity (Wildman–Crippen MR) is 60.9 cm³/mol. The van der Waals surface area contributed by atoms with Gasteiger partial charge in [0.1, 0.15) is 0 Å². The second-order valence-corrected chi connectivity index (χ2v) is 4.23. The highest BCUT2D eigenvalue weighted by Gasteiger charge is 2.12. The molecule has 82 valence electrons. The first-order valence-corrected chi connectivity index (χ1v) is 5.72. The number of aromatic nitrogens is 1. The van der Waals surface area contributed by atoms with Gasteiger partial charge in [-0.25, -0.2) is 0 Å². The fourth-order valence-corrected chi connectivity index (χ4v) is 2.14. The molecule has 0 spiro atoms. The molecule has 1 saturated heterocycles. The molecule has 1 aromatic heterocycles. The van der Waals surface area contributed by atoms with E-state index in [1.807, 2.05) is 12.3 Å². The van der Waals surface area contributed by atoms with Crippen LogP contribution in [0.3, 0.4) is 0 Å². The Morgan fingerprint density at radius 2 is 2.40 bits per heavy atom. The van der Waals surface area contributed by atoms with Crippen molar-refractivity contribution >= 4 is 0 Å². The molecule has 1 aliphatic heterocycles. The van der Waals surface area contributed by atoms with E-state index in [0.717, 1.165) is 32.0 Å². The Bertz CT molecular complexity index is 353. The number of nitrogens with zero attached hydrogens (tertiary/aromatic N) is 1. The fourth-order valence-electron chi connectivity index (χ4n) is 2.14. The summed E-state index contributed by atoms with van der Waals surface area (Å²) in [4.78, 5) is 11.4. The molecular formula is C12H18N2O. The van der Waals surface area contributed by atoms with Crippen LogP contribution in [0.4, 0.5) is 0 Å². The average molecular weight is 206 g/mol. The molecule has 1 aliphatic rings. The third-order valence-electron chi connectivity index (χ3n) is 3.08. The maximum atomic E-state index is 11.4. The number of aryl methyl sites for hydroxylation is 1. The molecule has 1 atom stereocenters. The summed E-state index contributed by atoms with van der Waals surface area (Å²) in [5.41, 5.74) is 0.112. The van der Waals surface area contributed by atoms with E-state index in [-0.39, 0.29) is 5.56 Å². The number of hydrogen-bond acceptors (Lipinski definition) is 2. The van der Waals surface area contributed by atoms with Gasteiger partial charge in [-0.1, -0.05) is 6.07 Å². The Kier molecular flexibility index (Phi) is 3.56. The summed E-state index contributed by atoms with van der Waals surface area (Å²) in [5.74, 6) is 0.742. The zero-order valence-corrected chi connectivity index (χ0v) is 8.98. The lowest BCUT2D eigenvalue weighted by Crippen LogP contribution is -2.31. The Labute approximate surface area is 90.1 Å². The van der Waals surface area contributed by atoms with Crippen molar-refractivity contribution in [3.8, 4) is 0 Å². The van der Waals surface area contributed by atoms with Gasteiger partial charge in [0.15, 0.2) is 0 Å². The molecule has 15 heavy (non-hydrogen) atoms. The molecule has 2 rings (SSSR count).